The summed E-state index contributed by atoms with van der Waals surface area (Å²) in [5.41, 5.74) is 4.05. The van der Waals surface area contributed by atoms with Crippen LogP contribution in [0.3, 0.4) is 0 Å². The number of halogens is 1. The molecule has 0 heterocycles. The summed E-state index contributed by atoms with van der Waals surface area (Å²) in [6, 6.07) is 6.07. The van der Waals surface area contributed by atoms with E-state index in [1.54, 1.807) is 19.1 Å². The van der Waals surface area contributed by atoms with Crippen molar-refractivity contribution >= 4 is 11.6 Å². The minimum absolute atomic E-state index is 0.0579. The molecule has 0 radical (unpaired) electrons. The predicted molar refractivity (Wildman–Crippen MR) is 94.0 cm³/mol. The van der Waals surface area contributed by atoms with Crippen LogP contribution in [-0.4, -0.2) is 11.6 Å². The Morgan fingerprint density at radius 2 is 1.57 bits per heavy atom. The van der Waals surface area contributed by atoms with Crippen LogP contribution >= 0.6 is 0 Å². The molecule has 1 aromatic rings. The Hall–Kier alpha value is -1.71. The predicted octanol–water partition coefficient (Wildman–Crippen LogP) is 5.20. The van der Waals surface area contributed by atoms with Gasteiger partial charge in [-0.05, 0) is 31.0 Å². The maximum atomic E-state index is 12.8. The normalized spacial score (nSPS) is 11.5. The standard InChI is InChI=1S/C19H29FN2O/c1-3-4-5-6-7-8-9-10-11-19(23)22-21-16(2)17-12-14-18(20)15-13-17/h12-15H,3-11H2,1-2H3,(H,22,23). The van der Waals surface area contributed by atoms with Crippen LogP contribution in [0.15, 0.2) is 29.4 Å². The molecule has 4 heteroatoms. The summed E-state index contributed by atoms with van der Waals surface area (Å²) >= 11 is 0. The Morgan fingerprint density at radius 3 is 2.17 bits per heavy atom. The van der Waals surface area contributed by atoms with E-state index < -0.39 is 0 Å². The molecule has 23 heavy (non-hydrogen) atoms. The molecule has 0 aliphatic carbocycles. The monoisotopic (exact) mass is 320 g/mol. The molecule has 1 N–H and O–H groups in total. The second kappa shape index (κ2) is 11.8. The molecule has 0 aromatic heterocycles. The van der Waals surface area contributed by atoms with Crippen LogP contribution in [-0.2, 0) is 4.79 Å². The highest BCUT2D eigenvalue weighted by molar-refractivity contribution is 5.99. The van der Waals surface area contributed by atoms with Crippen LogP contribution in [0.4, 0.5) is 4.39 Å². The average molecular weight is 320 g/mol. The number of hydrogen-bond donors (Lipinski definition) is 1. The van der Waals surface area contributed by atoms with Crippen LogP contribution in [0.1, 0.15) is 77.2 Å². The Morgan fingerprint density at radius 1 is 1.00 bits per heavy atom. The van der Waals surface area contributed by atoms with Gasteiger partial charge in [0, 0.05) is 6.42 Å². The maximum Gasteiger partial charge on any atom is 0.240 e. The molecule has 128 valence electrons. The largest absolute Gasteiger partial charge is 0.273 e. The fourth-order valence-corrected chi connectivity index (χ4v) is 2.38. The number of unbranched alkanes of at least 4 members (excludes halogenated alkanes) is 7. The number of nitrogens with zero attached hydrogens (tertiary/aromatic N) is 1. The van der Waals surface area contributed by atoms with Gasteiger partial charge in [-0.15, -0.1) is 0 Å². The molecule has 1 aromatic carbocycles. The van der Waals surface area contributed by atoms with Crippen molar-refractivity contribution in [2.24, 2.45) is 5.10 Å². The van der Waals surface area contributed by atoms with E-state index in [0.29, 0.717) is 12.1 Å². The van der Waals surface area contributed by atoms with Crippen molar-refractivity contribution in [1.82, 2.24) is 5.43 Å². The number of amides is 1. The van der Waals surface area contributed by atoms with Crippen molar-refractivity contribution in [1.29, 1.82) is 0 Å². The Balaban J connectivity index is 2.14. The van der Waals surface area contributed by atoms with Gasteiger partial charge in [-0.3, -0.25) is 4.79 Å². The highest BCUT2D eigenvalue weighted by atomic mass is 19.1. The van der Waals surface area contributed by atoms with Crippen LogP contribution in [0.25, 0.3) is 0 Å². The maximum absolute atomic E-state index is 12.8. The van der Waals surface area contributed by atoms with Crippen molar-refractivity contribution in [2.45, 2.75) is 71.6 Å². The smallest absolute Gasteiger partial charge is 0.240 e. The summed E-state index contributed by atoms with van der Waals surface area (Å²) in [7, 11) is 0. The molecule has 0 bridgehead atoms. The zero-order chi connectivity index (χ0) is 16.9. The van der Waals surface area contributed by atoms with Gasteiger partial charge in [0.15, 0.2) is 0 Å². The first-order valence-electron chi connectivity index (χ1n) is 8.72. The lowest BCUT2D eigenvalue weighted by Crippen LogP contribution is -2.18. The van der Waals surface area contributed by atoms with Crippen LogP contribution < -0.4 is 5.43 Å². The molecule has 3 nitrogen and oxygen atoms in total. The number of carbonyl (C=O) groups is 1. The fourth-order valence-electron chi connectivity index (χ4n) is 2.38. The lowest BCUT2D eigenvalue weighted by Gasteiger charge is -2.04. The van der Waals surface area contributed by atoms with E-state index in [1.165, 1.54) is 50.7 Å². The molecule has 0 aliphatic heterocycles. The third-order valence-corrected chi connectivity index (χ3v) is 3.87. The minimum Gasteiger partial charge on any atom is -0.273 e. The molecule has 0 aliphatic rings. The van der Waals surface area contributed by atoms with Crippen LogP contribution in [0, 0.1) is 5.82 Å². The number of rotatable bonds is 11. The molecular weight excluding hydrogens is 291 g/mol. The van der Waals surface area contributed by atoms with E-state index in [-0.39, 0.29) is 11.7 Å². The van der Waals surface area contributed by atoms with Gasteiger partial charge in [-0.25, -0.2) is 9.82 Å². The molecule has 1 rings (SSSR count). The summed E-state index contributed by atoms with van der Waals surface area (Å²) < 4.78 is 12.8. The van der Waals surface area contributed by atoms with E-state index in [1.807, 2.05) is 0 Å². The molecule has 0 fully saturated rings. The van der Waals surface area contributed by atoms with E-state index in [0.717, 1.165) is 18.4 Å². The number of benzene rings is 1. The lowest BCUT2D eigenvalue weighted by atomic mass is 10.1. The molecular formula is C19H29FN2O. The SMILES string of the molecule is CCCCCCCCCCC(=O)NN=C(C)c1ccc(F)cc1. The Kier molecular flexibility index (Phi) is 9.92. The van der Waals surface area contributed by atoms with Gasteiger partial charge in [0.05, 0.1) is 5.71 Å². The first-order valence-corrected chi connectivity index (χ1v) is 8.72. The number of hydrogen-bond acceptors (Lipinski definition) is 2. The number of hydrazone groups is 1. The van der Waals surface area contributed by atoms with Crippen molar-refractivity contribution in [2.75, 3.05) is 0 Å². The summed E-state index contributed by atoms with van der Waals surface area (Å²) in [5, 5.41) is 4.07. The topological polar surface area (TPSA) is 41.5 Å². The summed E-state index contributed by atoms with van der Waals surface area (Å²) in [6.07, 6.45) is 10.2. The van der Waals surface area contributed by atoms with Crippen molar-refractivity contribution in [3.63, 3.8) is 0 Å². The van der Waals surface area contributed by atoms with Gasteiger partial charge in [-0.1, -0.05) is 64.0 Å². The van der Waals surface area contributed by atoms with Gasteiger partial charge < -0.3 is 0 Å². The molecule has 0 saturated carbocycles. The highest BCUT2D eigenvalue weighted by Crippen LogP contribution is 2.09. The van der Waals surface area contributed by atoms with Crippen LogP contribution in [0.2, 0.25) is 0 Å². The third kappa shape index (κ3) is 9.11. The minimum atomic E-state index is -0.278. The zero-order valence-corrected chi connectivity index (χ0v) is 14.4. The fraction of sp³-hybridized carbons (Fsp3) is 0.579. The van der Waals surface area contributed by atoms with E-state index in [2.05, 4.69) is 17.5 Å². The second-order valence-electron chi connectivity index (χ2n) is 5.96. The van der Waals surface area contributed by atoms with Crippen LogP contribution in [0.5, 0.6) is 0 Å². The van der Waals surface area contributed by atoms with Crippen molar-refractivity contribution in [3.8, 4) is 0 Å². The first kappa shape index (κ1) is 19.3. The molecule has 1 amide bonds. The van der Waals surface area contributed by atoms with Gasteiger partial charge in [0.2, 0.25) is 5.91 Å². The third-order valence-electron chi connectivity index (χ3n) is 3.87. The molecule has 0 saturated heterocycles. The van der Waals surface area contributed by atoms with E-state index in [9.17, 15) is 9.18 Å². The van der Waals surface area contributed by atoms with Gasteiger partial charge in [-0.2, -0.15) is 5.10 Å². The average Bonchev–Trinajstić information content (AvgIpc) is 2.55. The summed E-state index contributed by atoms with van der Waals surface area (Å²) in [4.78, 5) is 11.7. The Labute approximate surface area is 139 Å². The van der Waals surface area contributed by atoms with E-state index in [4.69, 9.17) is 0 Å². The van der Waals surface area contributed by atoms with Crippen molar-refractivity contribution in [3.05, 3.63) is 35.6 Å². The lowest BCUT2D eigenvalue weighted by molar-refractivity contribution is -0.121. The quantitative estimate of drug-likeness (QED) is 0.340. The molecule has 0 spiro atoms. The van der Waals surface area contributed by atoms with Gasteiger partial charge in [0.1, 0.15) is 5.82 Å². The molecule has 0 unspecified atom stereocenters. The number of carbonyl (C=O) groups excluding carboxylic acids is 1. The van der Waals surface area contributed by atoms with Gasteiger partial charge in [0.25, 0.3) is 0 Å². The highest BCUT2D eigenvalue weighted by Gasteiger charge is 2.02. The first-order chi connectivity index (χ1) is 11.1. The second-order valence-corrected chi connectivity index (χ2v) is 5.96. The van der Waals surface area contributed by atoms with Crippen molar-refractivity contribution < 1.29 is 9.18 Å². The summed E-state index contributed by atoms with van der Waals surface area (Å²) in [6.45, 7) is 4.02. The summed E-state index contributed by atoms with van der Waals surface area (Å²) in [5.74, 6) is -0.335. The number of nitrogens with one attached hydrogen (secondary N) is 1. The van der Waals surface area contributed by atoms with E-state index >= 15 is 0 Å². The zero-order valence-electron chi connectivity index (χ0n) is 14.4. The van der Waals surface area contributed by atoms with Gasteiger partial charge >= 0.3 is 0 Å². The molecule has 0 atom stereocenters. The Bertz CT molecular complexity index is 483.